The molecule has 1 amide bonds. The molecule has 12 heteroatoms. The third kappa shape index (κ3) is 5.87. The molecule has 0 atom stereocenters. The zero-order valence-corrected chi connectivity index (χ0v) is 18.6. The zero-order valence-electron chi connectivity index (χ0n) is 17.8. The highest BCUT2D eigenvalue weighted by molar-refractivity contribution is 7.89. The smallest absolute Gasteiger partial charge is 0.330 e. The molecule has 3 aromatic rings. The molecule has 33 heavy (non-hydrogen) atoms. The van der Waals surface area contributed by atoms with E-state index in [1.165, 1.54) is 33.7 Å². The van der Waals surface area contributed by atoms with Crippen molar-refractivity contribution in [1.29, 1.82) is 0 Å². The Kier molecular flexibility index (Phi) is 6.99. The van der Waals surface area contributed by atoms with Crippen LogP contribution in [0.2, 0.25) is 0 Å². The molecule has 1 heterocycles. The summed E-state index contributed by atoms with van der Waals surface area (Å²) >= 11 is 0. The average molecular weight is 473 g/mol. The van der Waals surface area contributed by atoms with Crippen LogP contribution in [0.4, 0.5) is 17.2 Å². The molecule has 0 aliphatic heterocycles. The highest BCUT2D eigenvalue weighted by Gasteiger charge is 2.17. The number of sulfonamides is 1. The summed E-state index contributed by atoms with van der Waals surface area (Å²) < 4.78 is 23.9. The summed E-state index contributed by atoms with van der Waals surface area (Å²) in [6.45, 7) is 0.316. The van der Waals surface area contributed by atoms with E-state index in [-0.39, 0.29) is 41.8 Å². The van der Waals surface area contributed by atoms with Crippen molar-refractivity contribution in [3.63, 3.8) is 0 Å². The number of aromatic amines is 1. The van der Waals surface area contributed by atoms with Gasteiger partial charge in [-0.2, -0.15) is 0 Å². The predicted molar refractivity (Wildman–Crippen MR) is 126 cm³/mol. The highest BCUT2D eigenvalue weighted by atomic mass is 32.2. The molecule has 0 unspecified atom stereocenters. The quantitative estimate of drug-likeness (QED) is 0.364. The fourth-order valence-corrected chi connectivity index (χ4v) is 3.72. The van der Waals surface area contributed by atoms with Gasteiger partial charge in [0.15, 0.2) is 0 Å². The van der Waals surface area contributed by atoms with Crippen molar-refractivity contribution in [3.05, 3.63) is 81.0 Å². The Hall–Kier alpha value is -3.90. The molecule has 1 aromatic heterocycles. The Balaban J connectivity index is 1.70. The van der Waals surface area contributed by atoms with E-state index in [0.717, 1.165) is 5.56 Å². The topological polar surface area (TPSA) is 173 Å². The van der Waals surface area contributed by atoms with Gasteiger partial charge in [-0.25, -0.2) is 18.4 Å². The van der Waals surface area contributed by atoms with Gasteiger partial charge >= 0.3 is 5.69 Å². The fraction of sp³-hybridized carbons (Fsp3) is 0.190. The molecule has 0 bridgehead atoms. The van der Waals surface area contributed by atoms with Crippen molar-refractivity contribution >= 4 is 33.1 Å². The number of benzene rings is 2. The van der Waals surface area contributed by atoms with Gasteiger partial charge < -0.3 is 16.0 Å². The van der Waals surface area contributed by atoms with E-state index < -0.39 is 21.3 Å². The second kappa shape index (κ2) is 9.71. The number of carbonyl (C=O) groups is 1. The largest absolute Gasteiger partial charge is 0.383 e. The van der Waals surface area contributed by atoms with Gasteiger partial charge in [-0.3, -0.25) is 19.1 Å². The van der Waals surface area contributed by atoms with Gasteiger partial charge in [0.25, 0.3) is 5.56 Å². The Morgan fingerprint density at radius 3 is 2.33 bits per heavy atom. The van der Waals surface area contributed by atoms with Gasteiger partial charge in [-0.15, -0.1) is 0 Å². The minimum absolute atomic E-state index is 0.00410. The van der Waals surface area contributed by atoms with E-state index in [1.54, 1.807) is 7.05 Å². The van der Waals surface area contributed by atoms with Crippen molar-refractivity contribution in [2.75, 3.05) is 29.5 Å². The number of primary sulfonamides is 1. The Morgan fingerprint density at radius 2 is 1.73 bits per heavy atom. The first-order chi connectivity index (χ1) is 15.6. The lowest BCUT2D eigenvalue weighted by molar-refractivity contribution is -0.116. The Bertz CT molecular complexity index is 1360. The van der Waals surface area contributed by atoms with Crippen LogP contribution < -0.4 is 32.3 Å². The maximum atomic E-state index is 12.4. The van der Waals surface area contributed by atoms with Crippen LogP contribution in [0, 0.1) is 0 Å². The van der Waals surface area contributed by atoms with Crippen LogP contribution in [0.5, 0.6) is 0 Å². The zero-order chi connectivity index (χ0) is 24.2. The number of aromatic nitrogens is 2. The number of hydrogen-bond acceptors (Lipinski definition) is 7. The van der Waals surface area contributed by atoms with Crippen LogP contribution in [0.3, 0.4) is 0 Å². The van der Waals surface area contributed by atoms with Crippen molar-refractivity contribution in [2.24, 2.45) is 5.14 Å². The molecular weight excluding hydrogens is 448 g/mol. The number of rotatable bonds is 8. The van der Waals surface area contributed by atoms with Gasteiger partial charge in [0.2, 0.25) is 15.9 Å². The molecule has 174 valence electrons. The number of nitrogen functional groups attached to an aromatic ring is 1. The van der Waals surface area contributed by atoms with Crippen molar-refractivity contribution in [3.8, 4) is 0 Å². The summed E-state index contributed by atoms with van der Waals surface area (Å²) in [6, 6.07) is 14.6. The lowest BCUT2D eigenvalue weighted by Gasteiger charge is -2.21. The van der Waals surface area contributed by atoms with E-state index in [4.69, 9.17) is 10.9 Å². The number of anilines is 3. The number of H-pyrrole nitrogens is 1. The number of nitrogens with two attached hydrogens (primary N) is 2. The number of nitrogens with one attached hydrogen (secondary N) is 2. The molecule has 0 radical (unpaired) electrons. The van der Waals surface area contributed by atoms with E-state index in [0.29, 0.717) is 5.69 Å². The number of amides is 1. The van der Waals surface area contributed by atoms with Crippen LogP contribution in [0.15, 0.2) is 69.1 Å². The van der Waals surface area contributed by atoms with Crippen LogP contribution >= 0.6 is 0 Å². The lowest BCUT2D eigenvalue weighted by atomic mass is 10.2. The number of carbonyl (C=O) groups excluding carboxylic acids is 1. The molecule has 2 aromatic carbocycles. The third-order valence-electron chi connectivity index (χ3n) is 4.92. The molecular formula is C21H24N6O5S. The minimum atomic E-state index is -3.82. The Labute approximate surface area is 189 Å². The molecule has 0 fully saturated rings. The molecule has 11 nitrogen and oxygen atoms in total. The highest BCUT2D eigenvalue weighted by Crippen LogP contribution is 2.17. The molecule has 6 N–H and O–H groups in total. The van der Waals surface area contributed by atoms with Gasteiger partial charge in [-0.1, -0.05) is 30.3 Å². The summed E-state index contributed by atoms with van der Waals surface area (Å²) in [4.78, 5) is 40.7. The van der Waals surface area contributed by atoms with Crippen LogP contribution in [0.1, 0.15) is 12.0 Å². The predicted octanol–water partition coefficient (Wildman–Crippen LogP) is 0.280. The molecule has 0 saturated carbocycles. The summed E-state index contributed by atoms with van der Waals surface area (Å²) in [6.07, 6.45) is 0.00410. The van der Waals surface area contributed by atoms with E-state index in [2.05, 4.69) is 10.3 Å². The average Bonchev–Trinajstić information content (AvgIpc) is 2.75. The molecule has 0 aliphatic rings. The van der Waals surface area contributed by atoms with E-state index in [9.17, 15) is 22.8 Å². The fourth-order valence-electron chi connectivity index (χ4n) is 3.20. The van der Waals surface area contributed by atoms with Gasteiger partial charge in [0, 0.05) is 25.7 Å². The van der Waals surface area contributed by atoms with Crippen LogP contribution in [-0.2, 0) is 21.4 Å². The van der Waals surface area contributed by atoms with Crippen molar-refractivity contribution in [2.45, 2.75) is 17.9 Å². The van der Waals surface area contributed by atoms with Gasteiger partial charge in [0.05, 0.1) is 11.4 Å². The Morgan fingerprint density at radius 1 is 1.09 bits per heavy atom. The monoisotopic (exact) mass is 472 g/mol. The van der Waals surface area contributed by atoms with E-state index >= 15 is 0 Å². The molecule has 0 saturated heterocycles. The van der Waals surface area contributed by atoms with Crippen molar-refractivity contribution in [1.82, 2.24) is 9.55 Å². The molecule has 0 aliphatic carbocycles. The first-order valence-corrected chi connectivity index (χ1v) is 11.4. The summed E-state index contributed by atoms with van der Waals surface area (Å²) in [5.74, 6) is -0.369. The summed E-state index contributed by atoms with van der Waals surface area (Å²) in [7, 11) is -2.23. The first-order valence-electron chi connectivity index (χ1n) is 9.86. The maximum Gasteiger partial charge on any atom is 0.330 e. The number of nitrogens with zero attached hydrogens (tertiary/aromatic N) is 2. The molecule has 3 rings (SSSR count). The van der Waals surface area contributed by atoms with E-state index in [1.807, 2.05) is 30.3 Å². The van der Waals surface area contributed by atoms with Crippen LogP contribution in [-0.4, -0.2) is 37.5 Å². The maximum absolute atomic E-state index is 12.4. The summed E-state index contributed by atoms with van der Waals surface area (Å²) in [5.41, 5.74) is 6.18. The second-order valence-corrected chi connectivity index (χ2v) is 8.92. The lowest BCUT2D eigenvalue weighted by Crippen LogP contribution is -2.38. The number of hydrogen-bond donors (Lipinski definition) is 4. The van der Waals surface area contributed by atoms with Crippen molar-refractivity contribution < 1.29 is 13.2 Å². The normalized spacial score (nSPS) is 11.2. The standard InChI is InChI=1S/C21H24N6O5S/c1-26(12-11-17(28)24-15-7-9-16(10-8-15)33(23,31)32)18-19(22)27(21(30)25-20(18)29)13-14-5-3-2-4-6-14/h2-10H,11-13,22H2,1H3,(H,24,28)(H2,23,31,32)(H,25,29,30). The summed E-state index contributed by atoms with van der Waals surface area (Å²) in [5, 5.41) is 7.69. The molecule has 0 spiro atoms. The first kappa shape index (κ1) is 23.8. The van der Waals surface area contributed by atoms with Crippen LogP contribution in [0.25, 0.3) is 0 Å². The third-order valence-corrected chi connectivity index (χ3v) is 5.85. The second-order valence-electron chi connectivity index (χ2n) is 7.35. The van der Waals surface area contributed by atoms with Gasteiger partial charge in [-0.05, 0) is 29.8 Å². The SMILES string of the molecule is CN(CCC(=O)Nc1ccc(S(N)(=O)=O)cc1)c1c(N)n(Cc2ccccc2)c(=O)[nH]c1=O. The minimum Gasteiger partial charge on any atom is -0.383 e. The van der Waals surface area contributed by atoms with Gasteiger partial charge in [0.1, 0.15) is 11.5 Å².